The molecule has 0 saturated carbocycles. The average molecular weight is 670 g/mol. The number of nitriles is 1. The second-order valence-corrected chi connectivity index (χ2v) is 13.4. The Labute approximate surface area is 293 Å². The van der Waals surface area contributed by atoms with Crippen molar-refractivity contribution in [3.8, 4) is 23.3 Å². The van der Waals surface area contributed by atoms with Gasteiger partial charge in [-0.25, -0.2) is 0 Å². The van der Waals surface area contributed by atoms with Crippen LogP contribution in [0.3, 0.4) is 0 Å². The first-order valence-corrected chi connectivity index (χ1v) is 17.7. The fraction of sp³-hybridized carbons (Fsp3) is 0.500. The third-order valence-electron chi connectivity index (χ3n) is 9.14. The quantitative estimate of drug-likeness (QED) is 0.281. The minimum absolute atomic E-state index is 0.290. The van der Waals surface area contributed by atoms with E-state index in [0.717, 1.165) is 108 Å². The predicted molar refractivity (Wildman–Crippen MR) is 196 cm³/mol. The van der Waals surface area contributed by atoms with Crippen LogP contribution in [0.5, 0.6) is 17.2 Å². The lowest BCUT2D eigenvalue weighted by molar-refractivity contribution is 0.110. The normalized spacial score (nSPS) is 18.2. The molecule has 49 heavy (non-hydrogen) atoms. The second-order valence-electron chi connectivity index (χ2n) is 13.4. The molecule has 0 radical (unpaired) electrons. The summed E-state index contributed by atoms with van der Waals surface area (Å²) >= 11 is 0. The van der Waals surface area contributed by atoms with Gasteiger partial charge >= 0.3 is 0 Å². The molecule has 3 heterocycles. The SMILES string of the molecule is CN1CCC(Oc2cccc(C#N)c2)CC1.CN1CCC(Oc2cccc(C=O)c2)CC1.CNCc1cccc(OC2CCN(C)CC2)c1. The van der Waals surface area contributed by atoms with Gasteiger partial charge in [-0.1, -0.05) is 30.3 Å². The van der Waals surface area contributed by atoms with Gasteiger partial charge < -0.3 is 34.2 Å². The molecule has 0 aliphatic carbocycles. The highest BCUT2D eigenvalue weighted by Crippen LogP contribution is 2.22. The zero-order valence-electron chi connectivity index (χ0n) is 29.9. The Hall–Kier alpha value is -3.94. The standard InChI is InChI=1S/C14H22N2O.C13H16N2O.C13H17NO2/c1-15-11-12-4-3-5-14(10-12)17-13-6-8-16(2)9-7-13;1-15-7-5-12(6-8-15)16-13-4-2-3-11(9-13)10-14;1-14-7-5-12(6-8-14)16-13-4-2-3-11(9-13)10-15/h3-5,10,13,15H,6-9,11H2,1-2H3;2-4,9,12H,5-8H2,1H3;2-4,9-10,12H,5-8H2,1H3. The van der Waals surface area contributed by atoms with Crippen LogP contribution in [-0.2, 0) is 6.54 Å². The zero-order valence-corrected chi connectivity index (χ0v) is 29.9. The third-order valence-corrected chi connectivity index (χ3v) is 9.14. The van der Waals surface area contributed by atoms with Crippen molar-refractivity contribution in [1.82, 2.24) is 20.0 Å². The van der Waals surface area contributed by atoms with Crippen molar-refractivity contribution in [2.75, 3.05) is 67.5 Å². The topological polar surface area (TPSA) is 90.3 Å². The Morgan fingerprint density at radius 2 is 1.10 bits per heavy atom. The molecular weight excluding hydrogens is 614 g/mol. The maximum absolute atomic E-state index is 10.6. The molecule has 0 atom stereocenters. The van der Waals surface area contributed by atoms with Crippen LogP contribution >= 0.6 is 0 Å². The number of aldehydes is 1. The summed E-state index contributed by atoms with van der Waals surface area (Å²) < 4.78 is 17.8. The number of carbonyl (C=O) groups excluding carboxylic acids is 1. The van der Waals surface area contributed by atoms with Crippen LogP contribution in [0.25, 0.3) is 0 Å². The summed E-state index contributed by atoms with van der Waals surface area (Å²) in [5.41, 5.74) is 2.61. The predicted octanol–water partition coefficient (Wildman–Crippen LogP) is 5.88. The highest BCUT2D eigenvalue weighted by molar-refractivity contribution is 5.75. The molecule has 0 unspecified atom stereocenters. The number of benzene rings is 3. The molecule has 0 aromatic heterocycles. The Morgan fingerprint density at radius 1 is 0.673 bits per heavy atom. The van der Waals surface area contributed by atoms with E-state index in [1.807, 2.05) is 31.3 Å². The van der Waals surface area contributed by atoms with E-state index in [9.17, 15) is 4.79 Å². The van der Waals surface area contributed by atoms with Gasteiger partial charge in [0.25, 0.3) is 0 Å². The summed E-state index contributed by atoms with van der Waals surface area (Å²) in [6.07, 6.45) is 8.32. The number of piperidine rings is 3. The van der Waals surface area contributed by atoms with Crippen LogP contribution in [-0.4, -0.2) is 107 Å². The van der Waals surface area contributed by atoms with Gasteiger partial charge in [-0.05, 0) is 115 Å². The van der Waals surface area contributed by atoms with Crippen molar-refractivity contribution in [2.24, 2.45) is 0 Å². The number of ether oxygens (including phenoxy) is 3. The number of nitrogens with one attached hydrogen (secondary N) is 1. The van der Waals surface area contributed by atoms with Crippen LogP contribution in [0.1, 0.15) is 60.0 Å². The number of carbonyl (C=O) groups is 1. The summed E-state index contributed by atoms with van der Waals surface area (Å²) in [6, 6.07) is 25.2. The van der Waals surface area contributed by atoms with Gasteiger partial charge in [0, 0.05) is 51.4 Å². The first-order chi connectivity index (χ1) is 23.8. The molecule has 9 nitrogen and oxygen atoms in total. The van der Waals surface area contributed by atoms with Gasteiger partial charge in [-0.2, -0.15) is 5.26 Å². The molecule has 3 aromatic rings. The van der Waals surface area contributed by atoms with E-state index in [0.29, 0.717) is 23.3 Å². The molecule has 0 amide bonds. The summed E-state index contributed by atoms with van der Waals surface area (Å²) in [6.45, 7) is 7.51. The lowest BCUT2D eigenvalue weighted by Crippen LogP contribution is -2.35. The summed E-state index contributed by atoms with van der Waals surface area (Å²) in [4.78, 5) is 17.6. The van der Waals surface area contributed by atoms with E-state index >= 15 is 0 Å². The monoisotopic (exact) mass is 669 g/mol. The van der Waals surface area contributed by atoms with E-state index in [1.165, 1.54) is 5.56 Å². The van der Waals surface area contributed by atoms with E-state index < -0.39 is 0 Å². The Bertz CT molecular complexity index is 1440. The van der Waals surface area contributed by atoms with E-state index in [-0.39, 0.29) is 6.10 Å². The number of likely N-dealkylation sites (tertiary alicyclic amines) is 3. The van der Waals surface area contributed by atoms with E-state index in [2.05, 4.69) is 71.5 Å². The first kappa shape index (κ1) is 37.9. The van der Waals surface area contributed by atoms with Gasteiger partial charge in [0.2, 0.25) is 0 Å². The molecule has 9 heteroatoms. The third kappa shape index (κ3) is 13.8. The first-order valence-electron chi connectivity index (χ1n) is 17.7. The number of hydrogen-bond acceptors (Lipinski definition) is 9. The van der Waals surface area contributed by atoms with Crippen LogP contribution in [0.15, 0.2) is 72.8 Å². The molecule has 264 valence electrons. The van der Waals surface area contributed by atoms with Crippen LogP contribution in [0.4, 0.5) is 0 Å². The van der Waals surface area contributed by atoms with E-state index in [4.69, 9.17) is 19.5 Å². The largest absolute Gasteiger partial charge is 0.490 e. The molecule has 3 aliphatic heterocycles. The van der Waals surface area contributed by atoms with E-state index in [1.54, 1.807) is 24.3 Å². The molecule has 0 bridgehead atoms. The lowest BCUT2D eigenvalue weighted by Gasteiger charge is -2.29. The maximum Gasteiger partial charge on any atom is 0.150 e. The average Bonchev–Trinajstić information content (AvgIpc) is 3.12. The van der Waals surface area contributed by atoms with Crippen molar-refractivity contribution < 1.29 is 19.0 Å². The highest BCUT2D eigenvalue weighted by atomic mass is 16.5. The number of hydrogen-bond donors (Lipinski definition) is 1. The van der Waals surface area contributed by atoms with Gasteiger partial charge in [0.05, 0.1) is 11.6 Å². The summed E-state index contributed by atoms with van der Waals surface area (Å²) in [5.74, 6) is 2.63. The van der Waals surface area contributed by atoms with Crippen LogP contribution in [0.2, 0.25) is 0 Å². The molecule has 1 N–H and O–H groups in total. The van der Waals surface area contributed by atoms with Crippen molar-refractivity contribution in [3.63, 3.8) is 0 Å². The molecule has 0 spiro atoms. The minimum Gasteiger partial charge on any atom is -0.490 e. The summed E-state index contributed by atoms with van der Waals surface area (Å²) in [7, 11) is 8.39. The van der Waals surface area contributed by atoms with Gasteiger partial charge in [0.15, 0.2) is 0 Å². The second kappa shape index (κ2) is 20.5. The molecule has 3 aliphatic rings. The lowest BCUT2D eigenvalue weighted by atomic mass is 10.1. The molecular formula is C40H55N5O4. The molecule has 3 saturated heterocycles. The Balaban J connectivity index is 0.000000166. The van der Waals surface area contributed by atoms with Crippen LogP contribution < -0.4 is 19.5 Å². The smallest absolute Gasteiger partial charge is 0.150 e. The molecule has 3 fully saturated rings. The van der Waals surface area contributed by atoms with Crippen molar-refractivity contribution >= 4 is 6.29 Å². The summed E-state index contributed by atoms with van der Waals surface area (Å²) in [5, 5.41) is 11.9. The fourth-order valence-corrected chi connectivity index (χ4v) is 6.12. The van der Waals surface area contributed by atoms with Gasteiger partial charge in [0.1, 0.15) is 41.8 Å². The molecule has 6 rings (SSSR count). The van der Waals surface area contributed by atoms with Crippen molar-refractivity contribution in [1.29, 1.82) is 5.26 Å². The highest BCUT2D eigenvalue weighted by Gasteiger charge is 2.20. The Morgan fingerprint density at radius 3 is 1.55 bits per heavy atom. The van der Waals surface area contributed by atoms with Gasteiger partial charge in [-0.3, -0.25) is 4.79 Å². The minimum atomic E-state index is 0.290. The maximum atomic E-state index is 10.6. The Kier molecular flexibility index (Phi) is 15.9. The zero-order chi connectivity index (χ0) is 34.8. The number of nitrogens with zero attached hydrogens (tertiary/aromatic N) is 4. The fourth-order valence-electron chi connectivity index (χ4n) is 6.12. The molecule has 3 aromatic carbocycles. The van der Waals surface area contributed by atoms with Crippen LogP contribution in [0, 0.1) is 11.3 Å². The van der Waals surface area contributed by atoms with Crippen molar-refractivity contribution in [2.45, 2.75) is 63.4 Å². The number of rotatable bonds is 9. The van der Waals surface area contributed by atoms with Gasteiger partial charge in [-0.15, -0.1) is 0 Å². The van der Waals surface area contributed by atoms with Crippen molar-refractivity contribution in [3.05, 3.63) is 89.5 Å².